The highest BCUT2D eigenvalue weighted by atomic mass is 16.4. The summed E-state index contributed by atoms with van der Waals surface area (Å²) in [5.41, 5.74) is 2.18. The smallest absolute Gasteiger partial charge is 0.303 e. The second kappa shape index (κ2) is 4.39. The van der Waals surface area contributed by atoms with Crippen molar-refractivity contribution in [2.45, 2.75) is 25.7 Å². The summed E-state index contributed by atoms with van der Waals surface area (Å²) < 4.78 is 0. The van der Waals surface area contributed by atoms with Gasteiger partial charge in [0.1, 0.15) is 0 Å². The number of aliphatic carboxylic acids is 1. The standard InChI is InChI=1S/C13H15NO2/c1-2-9(7-13(15)16)11-8-14-12-6-4-3-5-10(11)12/h3-6,8-9,14H,2,7H2,1H3,(H,15,16). The Hall–Kier alpha value is -1.77. The van der Waals surface area contributed by atoms with Crippen LogP contribution in [0.5, 0.6) is 0 Å². The van der Waals surface area contributed by atoms with Crippen molar-refractivity contribution in [2.75, 3.05) is 0 Å². The first kappa shape index (κ1) is 10.7. The molecular weight excluding hydrogens is 202 g/mol. The van der Waals surface area contributed by atoms with Gasteiger partial charge in [0, 0.05) is 17.1 Å². The molecule has 1 aromatic carbocycles. The molecule has 0 bridgehead atoms. The molecule has 1 heterocycles. The van der Waals surface area contributed by atoms with Crippen molar-refractivity contribution in [1.29, 1.82) is 0 Å². The molecule has 1 unspecified atom stereocenters. The molecule has 0 aliphatic rings. The van der Waals surface area contributed by atoms with Gasteiger partial charge >= 0.3 is 5.97 Å². The summed E-state index contributed by atoms with van der Waals surface area (Å²) in [6.07, 6.45) is 2.97. The second-order valence-electron chi connectivity index (χ2n) is 3.99. The summed E-state index contributed by atoms with van der Waals surface area (Å²) in [5, 5.41) is 10.0. The lowest BCUT2D eigenvalue weighted by atomic mass is 9.93. The normalized spacial score (nSPS) is 12.8. The van der Waals surface area contributed by atoms with Crippen LogP contribution in [0.25, 0.3) is 10.9 Å². The van der Waals surface area contributed by atoms with Crippen molar-refractivity contribution < 1.29 is 9.90 Å². The van der Waals surface area contributed by atoms with Crippen molar-refractivity contribution in [1.82, 2.24) is 4.98 Å². The highest BCUT2D eigenvalue weighted by Gasteiger charge is 2.16. The number of H-pyrrole nitrogens is 1. The molecule has 0 saturated carbocycles. The number of benzene rings is 1. The Morgan fingerprint density at radius 1 is 1.44 bits per heavy atom. The third kappa shape index (κ3) is 1.94. The van der Waals surface area contributed by atoms with Gasteiger partial charge in [-0.15, -0.1) is 0 Å². The predicted octanol–water partition coefficient (Wildman–Crippen LogP) is 3.14. The molecule has 1 atom stereocenters. The molecule has 1 aromatic heterocycles. The SMILES string of the molecule is CCC(CC(=O)O)c1c[nH]c2ccccc12. The van der Waals surface area contributed by atoms with E-state index in [1.165, 1.54) is 0 Å². The number of aromatic amines is 1. The van der Waals surface area contributed by atoms with Gasteiger partial charge in [0.25, 0.3) is 0 Å². The van der Waals surface area contributed by atoms with Crippen molar-refractivity contribution in [3.8, 4) is 0 Å². The summed E-state index contributed by atoms with van der Waals surface area (Å²) in [6, 6.07) is 7.99. The molecule has 84 valence electrons. The molecular formula is C13H15NO2. The van der Waals surface area contributed by atoms with Crippen LogP contribution < -0.4 is 0 Å². The van der Waals surface area contributed by atoms with E-state index < -0.39 is 5.97 Å². The quantitative estimate of drug-likeness (QED) is 0.826. The number of carboxylic acid groups (broad SMARTS) is 1. The minimum Gasteiger partial charge on any atom is -0.481 e. The van der Waals surface area contributed by atoms with Gasteiger partial charge in [-0.25, -0.2) is 0 Å². The first-order valence-corrected chi connectivity index (χ1v) is 5.50. The fraction of sp³-hybridized carbons (Fsp3) is 0.308. The topological polar surface area (TPSA) is 53.1 Å². The molecule has 0 aliphatic heterocycles. The maximum absolute atomic E-state index is 10.8. The molecule has 2 N–H and O–H groups in total. The number of rotatable bonds is 4. The van der Waals surface area contributed by atoms with E-state index in [1.54, 1.807) is 0 Å². The summed E-state index contributed by atoms with van der Waals surface area (Å²) in [6.45, 7) is 2.02. The fourth-order valence-corrected chi connectivity index (χ4v) is 2.12. The van der Waals surface area contributed by atoms with Crippen LogP contribution in [-0.4, -0.2) is 16.1 Å². The van der Waals surface area contributed by atoms with Crippen LogP contribution in [0.3, 0.4) is 0 Å². The average Bonchev–Trinajstić information content (AvgIpc) is 2.69. The van der Waals surface area contributed by atoms with Gasteiger partial charge in [-0.05, 0) is 24.0 Å². The zero-order chi connectivity index (χ0) is 11.5. The van der Waals surface area contributed by atoms with Crippen LogP contribution in [0.2, 0.25) is 0 Å². The predicted molar refractivity (Wildman–Crippen MR) is 63.6 cm³/mol. The van der Waals surface area contributed by atoms with Crippen LogP contribution in [0.15, 0.2) is 30.5 Å². The molecule has 0 fully saturated rings. The molecule has 2 rings (SSSR count). The highest BCUT2D eigenvalue weighted by Crippen LogP contribution is 2.29. The van der Waals surface area contributed by atoms with E-state index in [9.17, 15) is 4.79 Å². The van der Waals surface area contributed by atoms with E-state index in [1.807, 2.05) is 37.4 Å². The molecule has 0 spiro atoms. The number of nitrogens with one attached hydrogen (secondary N) is 1. The van der Waals surface area contributed by atoms with Gasteiger partial charge in [-0.3, -0.25) is 4.79 Å². The van der Waals surface area contributed by atoms with Crippen molar-refractivity contribution in [3.63, 3.8) is 0 Å². The molecule has 0 amide bonds. The van der Waals surface area contributed by atoms with Gasteiger partial charge in [-0.2, -0.15) is 0 Å². The Morgan fingerprint density at radius 3 is 2.88 bits per heavy atom. The van der Waals surface area contributed by atoms with E-state index in [2.05, 4.69) is 4.98 Å². The Balaban J connectivity index is 2.41. The number of hydrogen-bond donors (Lipinski definition) is 2. The second-order valence-corrected chi connectivity index (χ2v) is 3.99. The number of carbonyl (C=O) groups is 1. The molecule has 3 nitrogen and oxygen atoms in total. The van der Waals surface area contributed by atoms with Gasteiger partial charge < -0.3 is 10.1 Å². The van der Waals surface area contributed by atoms with E-state index in [4.69, 9.17) is 5.11 Å². The number of carboxylic acids is 1. The summed E-state index contributed by atoms with van der Waals surface area (Å²) in [5.74, 6) is -0.647. The van der Waals surface area contributed by atoms with E-state index in [-0.39, 0.29) is 12.3 Å². The third-order valence-electron chi connectivity index (χ3n) is 2.97. The van der Waals surface area contributed by atoms with Crippen LogP contribution >= 0.6 is 0 Å². The van der Waals surface area contributed by atoms with Crippen LogP contribution in [0.1, 0.15) is 31.2 Å². The monoisotopic (exact) mass is 217 g/mol. The minimum atomic E-state index is -0.739. The Morgan fingerprint density at radius 2 is 2.19 bits per heavy atom. The summed E-state index contributed by atoms with van der Waals surface area (Å²) in [4.78, 5) is 14.0. The summed E-state index contributed by atoms with van der Waals surface area (Å²) in [7, 11) is 0. The lowest BCUT2D eigenvalue weighted by molar-refractivity contribution is -0.137. The van der Waals surface area contributed by atoms with Crippen LogP contribution in [-0.2, 0) is 4.79 Å². The van der Waals surface area contributed by atoms with Crippen LogP contribution in [0.4, 0.5) is 0 Å². The van der Waals surface area contributed by atoms with Crippen molar-refractivity contribution in [2.24, 2.45) is 0 Å². The lowest BCUT2D eigenvalue weighted by Crippen LogP contribution is -2.04. The number of para-hydroxylation sites is 1. The first-order chi connectivity index (χ1) is 7.72. The molecule has 0 aliphatic carbocycles. The zero-order valence-electron chi connectivity index (χ0n) is 9.23. The van der Waals surface area contributed by atoms with Gasteiger partial charge in [0.15, 0.2) is 0 Å². The van der Waals surface area contributed by atoms with E-state index in [0.29, 0.717) is 0 Å². The highest BCUT2D eigenvalue weighted by molar-refractivity contribution is 5.84. The molecule has 2 aromatic rings. The van der Waals surface area contributed by atoms with Gasteiger partial charge in [-0.1, -0.05) is 25.1 Å². The summed E-state index contributed by atoms with van der Waals surface area (Å²) >= 11 is 0. The zero-order valence-corrected chi connectivity index (χ0v) is 9.23. The maximum Gasteiger partial charge on any atom is 0.303 e. The number of fused-ring (bicyclic) bond motifs is 1. The molecule has 0 saturated heterocycles. The maximum atomic E-state index is 10.8. The van der Waals surface area contributed by atoms with Crippen molar-refractivity contribution >= 4 is 16.9 Å². The Labute approximate surface area is 94.1 Å². The Bertz CT molecular complexity index is 501. The van der Waals surface area contributed by atoms with Crippen LogP contribution in [0, 0.1) is 0 Å². The van der Waals surface area contributed by atoms with Crippen molar-refractivity contribution in [3.05, 3.63) is 36.0 Å². The minimum absolute atomic E-state index is 0.0913. The lowest BCUT2D eigenvalue weighted by Gasteiger charge is -2.11. The van der Waals surface area contributed by atoms with Gasteiger partial charge in [0.2, 0.25) is 0 Å². The third-order valence-corrected chi connectivity index (χ3v) is 2.97. The molecule has 16 heavy (non-hydrogen) atoms. The fourth-order valence-electron chi connectivity index (χ4n) is 2.12. The molecule has 0 radical (unpaired) electrons. The van der Waals surface area contributed by atoms with Gasteiger partial charge in [0.05, 0.1) is 6.42 Å². The number of hydrogen-bond acceptors (Lipinski definition) is 1. The number of aromatic nitrogens is 1. The first-order valence-electron chi connectivity index (χ1n) is 5.50. The largest absolute Gasteiger partial charge is 0.481 e. The average molecular weight is 217 g/mol. The van der Waals surface area contributed by atoms with E-state index >= 15 is 0 Å². The Kier molecular flexibility index (Phi) is 2.95. The van der Waals surface area contributed by atoms with E-state index in [0.717, 1.165) is 22.9 Å². The molecule has 3 heteroatoms.